The first-order chi connectivity index (χ1) is 9.11. The molecule has 0 fully saturated rings. The quantitative estimate of drug-likeness (QED) is 0.491. The molecule has 0 aliphatic rings. The van der Waals surface area contributed by atoms with Gasteiger partial charge in [0.1, 0.15) is 11.5 Å². The standard InChI is InChI=1S/C12H18N6O/c13-8-2-1-3-9(6-8)16-7-10-11(14)12(15)18(17-10)4-5-19/h1-3,6,16,19H,4-5,7,13-15H2. The Labute approximate surface area is 111 Å². The van der Waals surface area contributed by atoms with Crippen LogP contribution in [0.4, 0.5) is 22.9 Å². The fourth-order valence-electron chi connectivity index (χ4n) is 1.77. The molecule has 1 heterocycles. The van der Waals surface area contributed by atoms with E-state index < -0.39 is 0 Å². The molecule has 0 saturated carbocycles. The number of benzene rings is 1. The minimum absolute atomic E-state index is 0.0343. The summed E-state index contributed by atoms with van der Waals surface area (Å²) in [4.78, 5) is 0. The van der Waals surface area contributed by atoms with Gasteiger partial charge in [-0.1, -0.05) is 6.07 Å². The monoisotopic (exact) mass is 262 g/mol. The molecule has 0 unspecified atom stereocenters. The van der Waals surface area contributed by atoms with Crippen molar-refractivity contribution in [1.29, 1.82) is 0 Å². The van der Waals surface area contributed by atoms with Gasteiger partial charge in [-0.25, -0.2) is 4.68 Å². The van der Waals surface area contributed by atoms with E-state index in [1.54, 1.807) is 0 Å². The summed E-state index contributed by atoms with van der Waals surface area (Å²) in [5.41, 5.74) is 20.0. The van der Waals surface area contributed by atoms with Crippen LogP contribution in [0.1, 0.15) is 5.69 Å². The number of aliphatic hydroxyl groups excluding tert-OH is 1. The topological polar surface area (TPSA) is 128 Å². The smallest absolute Gasteiger partial charge is 0.145 e. The molecule has 0 saturated heterocycles. The fourth-order valence-corrected chi connectivity index (χ4v) is 1.77. The summed E-state index contributed by atoms with van der Waals surface area (Å²) in [6.07, 6.45) is 0. The molecule has 0 aliphatic carbocycles. The molecule has 102 valence electrons. The maximum absolute atomic E-state index is 8.90. The molecule has 2 aromatic rings. The lowest BCUT2D eigenvalue weighted by atomic mass is 10.2. The maximum atomic E-state index is 8.90. The minimum atomic E-state index is -0.0343. The second kappa shape index (κ2) is 5.49. The van der Waals surface area contributed by atoms with Crippen LogP contribution in [0.25, 0.3) is 0 Å². The third-order valence-corrected chi connectivity index (χ3v) is 2.76. The Bertz CT molecular complexity index is 565. The number of nitrogens with two attached hydrogens (primary N) is 3. The number of nitrogen functional groups attached to an aromatic ring is 3. The molecular weight excluding hydrogens is 244 g/mol. The molecule has 1 aromatic heterocycles. The summed E-state index contributed by atoms with van der Waals surface area (Å²) in [7, 11) is 0. The highest BCUT2D eigenvalue weighted by molar-refractivity contribution is 5.63. The van der Waals surface area contributed by atoms with E-state index in [1.807, 2.05) is 24.3 Å². The predicted octanol–water partition coefficient (Wildman–Crippen LogP) is 0.234. The first kappa shape index (κ1) is 13.0. The second-order valence-corrected chi connectivity index (χ2v) is 4.17. The summed E-state index contributed by atoms with van der Waals surface area (Å²) >= 11 is 0. The summed E-state index contributed by atoms with van der Waals surface area (Å²) < 4.78 is 1.49. The second-order valence-electron chi connectivity index (χ2n) is 4.17. The Hall–Kier alpha value is -2.41. The molecule has 19 heavy (non-hydrogen) atoms. The van der Waals surface area contributed by atoms with Crippen LogP contribution in [0.3, 0.4) is 0 Å². The number of aromatic nitrogens is 2. The third-order valence-electron chi connectivity index (χ3n) is 2.76. The van der Waals surface area contributed by atoms with Crippen LogP contribution in [-0.4, -0.2) is 21.5 Å². The van der Waals surface area contributed by atoms with Gasteiger partial charge >= 0.3 is 0 Å². The van der Waals surface area contributed by atoms with E-state index in [0.717, 1.165) is 5.69 Å². The molecule has 0 radical (unpaired) electrons. The first-order valence-electron chi connectivity index (χ1n) is 5.92. The van der Waals surface area contributed by atoms with Crippen LogP contribution in [0, 0.1) is 0 Å². The summed E-state index contributed by atoms with van der Waals surface area (Å²) in [5.74, 6) is 0.374. The van der Waals surface area contributed by atoms with E-state index in [-0.39, 0.29) is 6.61 Å². The van der Waals surface area contributed by atoms with Gasteiger partial charge in [-0.2, -0.15) is 5.10 Å². The Kier molecular flexibility index (Phi) is 3.76. The Morgan fingerprint density at radius 3 is 2.74 bits per heavy atom. The van der Waals surface area contributed by atoms with Crippen LogP contribution in [0.5, 0.6) is 0 Å². The number of nitrogens with zero attached hydrogens (tertiary/aromatic N) is 2. The number of rotatable bonds is 5. The van der Waals surface area contributed by atoms with E-state index in [1.165, 1.54) is 4.68 Å². The maximum Gasteiger partial charge on any atom is 0.145 e. The largest absolute Gasteiger partial charge is 0.399 e. The van der Waals surface area contributed by atoms with Crippen molar-refractivity contribution >= 4 is 22.9 Å². The summed E-state index contributed by atoms with van der Waals surface area (Å²) in [6.45, 7) is 0.736. The predicted molar refractivity (Wildman–Crippen MR) is 76.3 cm³/mol. The molecule has 0 aliphatic heterocycles. The molecule has 0 bridgehead atoms. The van der Waals surface area contributed by atoms with Gasteiger partial charge < -0.3 is 27.6 Å². The fraction of sp³-hybridized carbons (Fsp3) is 0.250. The molecule has 2 rings (SSSR count). The van der Waals surface area contributed by atoms with Crippen molar-refractivity contribution in [2.75, 3.05) is 29.1 Å². The molecule has 0 spiro atoms. The van der Waals surface area contributed by atoms with Crippen LogP contribution in [0.15, 0.2) is 24.3 Å². The van der Waals surface area contributed by atoms with E-state index in [0.29, 0.717) is 36.0 Å². The van der Waals surface area contributed by atoms with Gasteiger partial charge in [0.05, 0.1) is 25.4 Å². The molecule has 1 aromatic carbocycles. The highest BCUT2D eigenvalue weighted by Crippen LogP contribution is 2.21. The normalized spacial score (nSPS) is 10.6. The third kappa shape index (κ3) is 2.89. The lowest BCUT2D eigenvalue weighted by Gasteiger charge is -2.05. The number of hydrogen-bond donors (Lipinski definition) is 5. The van der Waals surface area contributed by atoms with Crippen molar-refractivity contribution in [3.05, 3.63) is 30.0 Å². The minimum Gasteiger partial charge on any atom is -0.399 e. The van der Waals surface area contributed by atoms with Gasteiger partial charge in [0.2, 0.25) is 0 Å². The lowest BCUT2D eigenvalue weighted by Crippen LogP contribution is -2.08. The van der Waals surface area contributed by atoms with Crippen molar-refractivity contribution < 1.29 is 5.11 Å². The van der Waals surface area contributed by atoms with Gasteiger partial charge in [0, 0.05) is 11.4 Å². The highest BCUT2D eigenvalue weighted by Gasteiger charge is 2.11. The summed E-state index contributed by atoms with van der Waals surface area (Å²) in [6, 6.07) is 7.40. The van der Waals surface area contributed by atoms with Crippen LogP contribution in [0.2, 0.25) is 0 Å². The highest BCUT2D eigenvalue weighted by atomic mass is 16.3. The molecular formula is C12H18N6O. The van der Waals surface area contributed by atoms with E-state index >= 15 is 0 Å². The number of anilines is 4. The molecule has 7 nitrogen and oxygen atoms in total. The number of hydrogen-bond acceptors (Lipinski definition) is 6. The van der Waals surface area contributed by atoms with Crippen molar-refractivity contribution in [2.24, 2.45) is 0 Å². The number of nitrogens with one attached hydrogen (secondary N) is 1. The molecule has 0 atom stereocenters. The Balaban J connectivity index is 2.09. The molecule has 8 N–H and O–H groups in total. The van der Waals surface area contributed by atoms with Gasteiger partial charge in [-0.15, -0.1) is 0 Å². The van der Waals surface area contributed by atoms with Crippen LogP contribution < -0.4 is 22.5 Å². The van der Waals surface area contributed by atoms with Crippen molar-refractivity contribution in [1.82, 2.24) is 9.78 Å². The Morgan fingerprint density at radius 2 is 2.05 bits per heavy atom. The Morgan fingerprint density at radius 1 is 1.26 bits per heavy atom. The van der Waals surface area contributed by atoms with E-state index in [9.17, 15) is 0 Å². The van der Waals surface area contributed by atoms with Gasteiger partial charge in [0.15, 0.2) is 0 Å². The summed E-state index contributed by atoms with van der Waals surface area (Å²) in [5, 5.41) is 16.3. The zero-order valence-corrected chi connectivity index (χ0v) is 10.5. The first-order valence-corrected chi connectivity index (χ1v) is 5.92. The molecule has 0 amide bonds. The van der Waals surface area contributed by atoms with Gasteiger partial charge in [-0.3, -0.25) is 0 Å². The average molecular weight is 262 g/mol. The van der Waals surface area contributed by atoms with E-state index in [4.69, 9.17) is 22.3 Å². The number of aliphatic hydroxyl groups is 1. The SMILES string of the molecule is Nc1cccc(NCc2nn(CCO)c(N)c2N)c1. The van der Waals surface area contributed by atoms with Crippen LogP contribution in [-0.2, 0) is 13.1 Å². The van der Waals surface area contributed by atoms with Gasteiger partial charge in [-0.05, 0) is 18.2 Å². The zero-order chi connectivity index (χ0) is 13.8. The van der Waals surface area contributed by atoms with Crippen LogP contribution >= 0.6 is 0 Å². The van der Waals surface area contributed by atoms with Gasteiger partial charge in [0.25, 0.3) is 0 Å². The zero-order valence-electron chi connectivity index (χ0n) is 10.5. The van der Waals surface area contributed by atoms with Crippen molar-refractivity contribution in [2.45, 2.75) is 13.1 Å². The van der Waals surface area contributed by atoms with Crippen molar-refractivity contribution in [3.8, 4) is 0 Å². The van der Waals surface area contributed by atoms with E-state index in [2.05, 4.69) is 10.4 Å². The molecule has 7 heteroatoms. The lowest BCUT2D eigenvalue weighted by molar-refractivity contribution is 0.270. The van der Waals surface area contributed by atoms with Crippen molar-refractivity contribution in [3.63, 3.8) is 0 Å². The average Bonchev–Trinajstić information content (AvgIpc) is 2.65.